The Balaban J connectivity index is 2.64. The number of halogens is 2. The predicted molar refractivity (Wildman–Crippen MR) is 57.3 cm³/mol. The Morgan fingerprint density at radius 2 is 1.82 bits per heavy atom. The molecule has 1 radical (unpaired) electrons. The van der Waals surface area contributed by atoms with Gasteiger partial charge in [0, 0.05) is 6.07 Å². The van der Waals surface area contributed by atoms with Crippen molar-refractivity contribution in [3.63, 3.8) is 0 Å². The van der Waals surface area contributed by atoms with Gasteiger partial charge in [-0.2, -0.15) is 0 Å². The van der Waals surface area contributed by atoms with Gasteiger partial charge in [-0.15, -0.1) is 0 Å². The molecule has 0 spiro atoms. The minimum absolute atomic E-state index is 0.117. The van der Waals surface area contributed by atoms with Crippen LogP contribution in [-0.2, 0) is 0 Å². The Morgan fingerprint density at radius 3 is 2.41 bits per heavy atom. The average molecular weight is 234 g/mol. The molecule has 0 bridgehead atoms. The van der Waals surface area contributed by atoms with Gasteiger partial charge in [-0.1, -0.05) is 6.07 Å². The summed E-state index contributed by atoms with van der Waals surface area (Å²) < 4.78 is 26.1. The van der Waals surface area contributed by atoms with Crippen molar-refractivity contribution in [3.05, 3.63) is 64.2 Å². The van der Waals surface area contributed by atoms with Crippen molar-refractivity contribution >= 4 is 5.69 Å². The van der Waals surface area contributed by atoms with Gasteiger partial charge in [0.15, 0.2) is 0 Å². The van der Waals surface area contributed by atoms with Crippen LogP contribution in [0.3, 0.4) is 0 Å². The van der Waals surface area contributed by atoms with Gasteiger partial charge in [-0.3, -0.25) is 10.1 Å². The molecule has 0 saturated carbocycles. The Hall–Kier alpha value is -2.30. The van der Waals surface area contributed by atoms with E-state index in [4.69, 9.17) is 0 Å². The maximum absolute atomic E-state index is 13.0. The molecule has 0 aliphatic heterocycles. The zero-order valence-electron chi connectivity index (χ0n) is 8.48. The van der Waals surface area contributed by atoms with Gasteiger partial charge in [0.2, 0.25) is 0 Å². The minimum atomic E-state index is -0.779. The van der Waals surface area contributed by atoms with Crippen LogP contribution in [0.1, 0.15) is 0 Å². The molecule has 0 aliphatic carbocycles. The molecule has 0 aliphatic rings. The lowest BCUT2D eigenvalue weighted by atomic mass is 10.0. The first-order valence-electron chi connectivity index (χ1n) is 4.69. The van der Waals surface area contributed by atoms with Crippen molar-refractivity contribution in [2.45, 2.75) is 0 Å². The number of nitro groups is 1. The van der Waals surface area contributed by atoms with Gasteiger partial charge in [0.25, 0.3) is 5.69 Å². The lowest BCUT2D eigenvalue weighted by Crippen LogP contribution is -1.93. The third-order valence-electron chi connectivity index (χ3n) is 2.19. The van der Waals surface area contributed by atoms with E-state index in [0.717, 1.165) is 12.1 Å². The number of nitro benzene ring substituents is 1. The van der Waals surface area contributed by atoms with Crippen LogP contribution >= 0.6 is 0 Å². The summed E-state index contributed by atoms with van der Waals surface area (Å²) in [4.78, 5) is 10.1. The Morgan fingerprint density at radius 1 is 1.18 bits per heavy atom. The first-order valence-corrected chi connectivity index (χ1v) is 4.69. The van der Waals surface area contributed by atoms with E-state index in [1.54, 1.807) is 0 Å². The zero-order valence-corrected chi connectivity index (χ0v) is 8.48. The van der Waals surface area contributed by atoms with Gasteiger partial charge in [0.1, 0.15) is 11.6 Å². The van der Waals surface area contributed by atoms with Crippen LogP contribution in [0.2, 0.25) is 0 Å². The summed E-state index contributed by atoms with van der Waals surface area (Å²) in [7, 11) is 0. The second-order valence-electron chi connectivity index (χ2n) is 3.35. The second kappa shape index (κ2) is 4.29. The fraction of sp³-hybridized carbons (Fsp3) is 0. The lowest BCUT2D eigenvalue weighted by Gasteiger charge is -2.03. The fourth-order valence-electron chi connectivity index (χ4n) is 1.52. The first kappa shape index (κ1) is 11.2. The van der Waals surface area contributed by atoms with Crippen LogP contribution in [0.5, 0.6) is 0 Å². The van der Waals surface area contributed by atoms with E-state index in [2.05, 4.69) is 6.07 Å². The van der Waals surface area contributed by atoms with E-state index in [0.29, 0.717) is 6.07 Å². The number of nitrogens with zero attached hydrogens (tertiary/aromatic N) is 1. The summed E-state index contributed by atoms with van der Waals surface area (Å²) in [6.45, 7) is 0. The van der Waals surface area contributed by atoms with Crippen molar-refractivity contribution in [2.75, 3.05) is 0 Å². The highest BCUT2D eigenvalue weighted by molar-refractivity contribution is 5.73. The number of benzene rings is 2. The molecule has 0 aromatic heterocycles. The first-order chi connectivity index (χ1) is 8.08. The highest BCUT2D eigenvalue weighted by Gasteiger charge is 2.15. The van der Waals surface area contributed by atoms with Crippen molar-refractivity contribution in [2.24, 2.45) is 0 Å². The quantitative estimate of drug-likeness (QED) is 0.590. The zero-order chi connectivity index (χ0) is 12.4. The largest absolute Gasteiger partial charge is 0.285 e. The minimum Gasteiger partial charge on any atom is -0.258 e. The van der Waals surface area contributed by atoms with E-state index in [1.165, 1.54) is 18.2 Å². The van der Waals surface area contributed by atoms with Crippen LogP contribution in [-0.4, -0.2) is 4.92 Å². The number of para-hydroxylation sites is 1. The highest BCUT2D eigenvalue weighted by Crippen LogP contribution is 2.29. The van der Waals surface area contributed by atoms with Gasteiger partial charge >= 0.3 is 0 Å². The van der Waals surface area contributed by atoms with E-state index in [1.807, 2.05) is 0 Å². The van der Waals surface area contributed by atoms with E-state index < -0.39 is 16.6 Å². The molecule has 2 rings (SSSR count). The molecule has 0 heterocycles. The monoisotopic (exact) mass is 234 g/mol. The standard InChI is InChI=1S/C12H6F2NO2/c13-9-5-8(6-10(14)7-9)11-3-1-2-4-12(11)15(16)17/h1-3,5-7H. The van der Waals surface area contributed by atoms with E-state index in [9.17, 15) is 18.9 Å². The number of hydrogen-bond donors (Lipinski definition) is 0. The maximum atomic E-state index is 13.0. The molecule has 85 valence electrons. The third kappa shape index (κ3) is 2.28. The van der Waals surface area contributed by atoms with Crippen molar-refractivity contribution in [1.82, 2.24) is 0 Å². The van der Waals surface area contributed by atoms with Crippen LogP contribution in [0.15, 0.2) is 36.4 Å². The summed E-state index contributed by atoms with van der Waals surface area (Å²) in [5.74, 6) is -1.56. The number of rotatable bonds is 2. The molecule has 0 saturated heterocycles. The summed E-state index contributed by atoms with van der Waals surface area (Å²) >= 11 is 0. The Bertz CT molecular complexity index is 564. The fourth-order valence-corrected chi connectivity index (χ4v) is 1.52. The van der Waals surface area contributed by atoms with Gasteiger partial charge < -0.3 is 0 Å². The van der Waals surface area contributed by atoms with Gasteiger partial charge in [-0.25, -0.2) is 8.78 Å². The number of hydrogen-bond acceptors (Lipinski definition) is 2. The average Bonchev–Trinajstić information content (AvgIpc) is 2.27. The van der Waals surface area contributed by atoms with Gasteiger partial charge in [0.05, 0.1) is 16.6 Å². The SMILES string of the molecule is O=[N+]([O-])c1[c]cccc1-c1cc(F)cc(F)c1. The van der Waals surface area contributed by atoms with Crippen LogP contribution in [0, 0.1) is 27.8 Å². The third-order valence-corrected chi connectivity index (χ3v) is 2.19. The molecule has 17 heavy (non-hydrogen) atoms. The van der Waals surface area contributed by atoms with Crippen LogP contribution in [0.25, 0.3) is 11.1 Å². The summed E-state index contributed by atoms with van der Waals surface area (Å²) in [5, 5.41) is 10.8. The molecule has 3 nitrogen and oxygen atoms in total. The molecule has 5 heteroatoms. The summed E-state index contributed by atoms with van der Waals surface area (Å²) in [6.07, 6.45) is 0. The highest BCUT2D eigenvalue weighted by atomic mass is 19.1. The molecule has 0 N–H and O–H groups in total. The molecule has 2 aromatic rings. The molecule has 0 atom stereocenters. The van der Waals surface area contributed by atoms with Crippen LogP contribution < -0.4 is 0 Å². The second-order valence-corrected chi connectivity index (χ2v) is 3.35. The Labute approximate surface area is 95.5 Å². The lowest BCUT2D eigenvalue weighted by molar-refractivity contribution is -0.384. The molecule has 0 unspecified atom stereocenters. The maximum Gasteiger partial charge on any atom is 0.285 e. The van der Waals surface area contributed by atoms with E-state index >= 15 is 0 Å². The molecule has 0 amide bonds. The van der Waals surface area contributed by atoms with Crippen molar-refractivity contribution < 1.29 is 13.7 Å². The molecule has 2 aromatic carbocycles. The van der Waals surface area contributed by atoms with E-state index in [-0.39, 0.29) is 16.8 Å². The molecule has 0 fully saturated rings. The molecular weight excluding hydrogens is 228 g/mol. The smallest absolute Gasteiger partial charge is 0.258 e. The van der Waals surface area contributed by atoms with Crippen molar-refractivity contribution in [1.29, 1.82) is 0 Å². The van der Waals surface area contributed by atoms with Gasteiger partial charge in [-0.05, 0) is 29.8 Å². The summed E-state index contributed by atoms with van der Waals surface area (Å²) in [5.41, 5.74) is -0.0561. The van der Waals surface area contributed by atoms with Crippen molar-refractivity contribution in [3.8, 4) is 11.1 Å². The Kier molecular flexibility index (Phi) is 2.82. The summed E-state index contributed by atoms with van der Waals surface area (Å²) in [6, 6.07) is 9.53. The topological polar surface area (TPSA) is 43.1 Å². The molecular formula is C12H6F2NO2. The predicted octanol–water partition coefficient (Wildman–Crippen LogP) is 3.34. The van der Waals surface area contributed by atoms with Crippen LogP contribution in [0.4, 0.5) is 14.5 Å². The normalized spacial score (nSPS) is 10.2.